The molecule has 0 aliphatic heterocycles. The normalized spacial score (nSPS) is 38.3. The molecule has 1 nitrogen and oxygen atoms in total. The molecule has 0 saturated heterocycles. The summed E-state index contributed by atoms with van der Waals surface area (Å²) < 4.78 is 0. The van der Waals surface area contributed by atoms with Crippen LogP contribution in [0.3, 0.4) is 0 Å². The van der Waals surface area contributed by atoms with Crippen molar-refractivity contribution in [3.8, 4) is 0 Å². The highest BCUT2D eigenvalue weighted by molar-refractivity contribution is 4.86. The van der Waals surface area contributed by atoms with Crippen molar-refractivity contribution < 1.29 is 0 Å². The molecule has 0 heterocycles. The molecule has 0 aromatic rings. The first kappa shape index (κ1) is 14.4. The third kappa shape index (κ3) is 3.98. The highest BCUT2D eigenvalue weighted by atomic mass is 14.9. The molecule has 2 saturated carbocycles. The van der Waals surface area contributed by atoms with Crippen LogP contribution in [0.1, 0.15) is 78.1 Å². The molecule has 0 bridgehead atoms. The summed E-state index contributed by atoms with van der Waals surface area (Å²) in [7, 11) is 0. The van der Waals surface area contributed by atoms with Crippen LogP contribution in [0, 0.1) is 17.8 Å². The Hall–Kier alpha value is -0.0400. The zero-order valence-electron chi connectivity index (χ0n) is 12.6. The topological polar surface area (TPSA) is 12.0 Å². The van der Waals surface area contributed by atoms with Crippen LogP contribution in [-0.4, -0.2) is 12.6 Å². The van der Waals surface area contributed by atoms with Crippen molar-refractivity contribution in [1.29, 1.82) is 0 Å². The number of hydrogen-bond acceptors (Lipinski definition) is 1. The van der Waals surface area contributed by atoms with E-state index in [4.69, 9.17) is 0 Å². The van der Waals surface area contributed by atoms with E-state index < -0.39 is 0 Å². The van der Waals surface area contributed by atoms with Crippen LogP contribution in [0.25, 0.3) is 0 Å². The maximum atomic E-state index is 3.87. The van der Waals surface area contributed by atoms with Gasteiger partial charge < -0.3 is 5.32 Å². The fourth-order valence-corrected chi connectivity index (χ4v) is 4.35. The van der Waals surface area contributed by atoms with E-state index in [9.17, 15) is 0 Å². The summed E-state index contributed by atoms with van der Waals surface area (Å²) in [5.41, 5.74) is 0. The predicted octanol–water partition coefficient (Wildman–Crippen LogP) is 4.76. The minimum atomic E-state index is 0.836. The average Bonchev–Trinajstić information content (AvgIpc) is 2.61. The standard InChI is InChI=1S/C17H33N/c1-3-12-18-17-11-6-4-5-10-16(17)15-9-7-8-14(2)13-15/h14-18H,3-13H2,1-2H3. The number of rotatable bonds is 4. The Morgan fingerprint density at radius 1 is 0.944 bits per heavy atom. The van der Waals surface area contributed by atoms with Crippen molar-refractivity contribution in [3.05, 3.63) is 0 Å². The van der Waals surface area contributed by atoms with E-state index >= 15 is 0 Å². The van der Waals surface area contributed by atoms with E-state index in [0.717, 1.165) is 23.8 Å². The van der Waals surface area contributed by atoms with Crippen LogP contribution < -0.4 is 5.32 Å². The van der Waals surface area contributed by atoms with Gasteiger partial charge in [0.1, 0.15) is 0 Å². The average molecular weight is 251 g/mol. The van der Waals surface area contributed by atoms with E-state index in [1.54, 1.807) is 0 Å². The molecule has 4 atom stereocenters. The summed E-state index contributed by atoms with van der Waals surface area (Å²) >= 11 is 0. The van der Waals surface area contributed by atoms with Gasteiger partial charge >= 0.3 is 0 Å². The zero-order valence-corrected chi connectivity index (χ0v) is 12.6. The molecule has 0 spiro atoms. The molecule has 0 aromatic carbocycles. The van der Waals surface area contributed by atoms with Crippen LogP contribution in [0.4, 0.5) is 0 Å². The third-order valence-corrected chi connectivity index (χ3v) is 5.31. The van der Waals surface area contributed by atoms with Crippen molar-refractivity contribution in [3.63, 3.8) is 0 Å². The van der Waals surface area contributed by atoms with Gasteiger partial charge in [0, 0.05) is 6.04 Å². The maximum absolute atomic E-state index is 3.87. The Kier molecular flexibility index (Phi) is 6.01. The lowest BCUT2D eigenvalue weighted by Crippen LogP contribution is -2.40. The van der Waals surface area contributed by atoms with E-state index in [0.29, 0.717) is 0 Å². The highest BCUT2D eigenvalue weighted by Gasteiger charge is 2.32. The fourth-order valence-electron chi connectivity index (χ4n) is 4.35. The molecule has 4 unspecified atom stereocenters. The van der Waals surface area contributed by atoms with E-state index in [1.807, 2.05) is 0 Å². The van der Waals surface area contributed by atoms with Gasteiger partial charge in [0.15, 0.2) is 0 Å². The number of hydrogen-bond donors (Lipinski definition) is 1. The minimum absolute atomic E-state index is 0.836. The third-order valence-electron chi connectivity index (χ3n) is 5.31. The van der Waals surface area contributed by atoms with Crippen LogP contribution in [0.5, 0.6) is 0 Å². The monoisotopic (exact) mass is 251 g/mol. The van der Waals surface area contributed by atoms with Gasteiger partial charge in [0.25, 0.3) is 0 Å². The summed E-state index contributed by atoms with van der Waals surface area (Å²) in [4.78, 5) is 0. The van der Waals surface area contributed by atoms with Gasteiger partial charge in [-0.15, -0.1) is 0 Å². The first-order chi connectivity index (χ1) is 8.81. The zero-order chi connectivity index (χ0) is 12.8. The molecular weight excluding hydrogens is 218 g/mol. The Morgan fingerprint density at radius 2 is 1.78 bits per heavy atom. The lowest BCUT2D eigenvalue weighted by molar-refractivity contribution is 0.157. The Morgan fingerprint density at radius 3 is 2.56 bits per heavy atom. The summed E-state index contributed by atoms with van der Waals surface area (Å²) in [5, 5.41) is 3.87. The summed E-state index contributed by atoms with van der Waals surface area (Å²) in [6.45, 7) is 5.99. The molecular formula is C17H33N. The van der Waals surface area contributed by atoms with Crippen LogP contribution in [0.15, 0.2) is 0 Å². The maximum Gasteiger partial charge on any atom is 0.00979 e. The van der Waals surface area contributed by atoms with Gasteiger partial charge in [-0.05, 0) is 50.0 Å². The quantitative estimate of drug-likeness (QED) is 0.710. The second kappa shape index (κ2) is 7.53. The molecule has 106 valence electrons. The first-order valence-corrected chi connectivity index (χ1v) is 8.54. The van der Waals surface area contributed by atoms with Gasteiger partial charge in [-0.3, -0.25) is 0 Å². The van der Waals surface area contributed by atoms with Crippen LogP contribution in [-0.2, 0) is 0 Å². The van der Waals surface area contributed by atoms with E-state index in [-0.39, 0.29) is 0 Å². The molecule has 2 fully saturated rings. The van der Waals surface area contributed by atoms with Crippen molar-refractivity contribution >= 4 is 0 Å². The Bertz CT molecular complexity index is 226. The molecule has 0 radical (unpaired) electrons. The second-order valence-electron chi connectivity index (χ2n) is 6.89. The van der Waals surface area contributed by atoms with Crippen LogP contribution >= 0.6 is 0 Å². The van der Waals surface area contributed by atoms with Gasteiger partial charge in [0.2, 0.25) is 0 Å². The Balaban J connectivity index is 1.95. The number of nitrogens with one attached hydrogen (secondary N) is 1. The predicted molar refractivity (Wildman–Crippen MR) is 79.8 cm³/mol. The van der Waals surface area contributed by atoms with E-state index in [2.05, 4.69) is 19.2 Å². The SMILES string of the molecule is CCCNC1CCCCCC1C1CCCC(C)C1. The van der Waals surface area contributed by atoms with E-state index in [1.165, 1.54) is 70.8 Å². The smallest absolute Gasteiger partial charge is 0.00979 e. The van der Waals surface area contributed by atoms with Gasteiger partial charge in [-0.25, -0.2) is 0 Å². The van der Waals surface area contributed by atoms with Gasteiger partial charge in [-0.2, -0.15) is 0 Å². The molecule has 1 heteroatoms. The summed E-state index contributed by atoms with van der Waals surface area (Å²) in [5.74, 6) is 3.00. The van der Waals surface area contributed by atoms with Crippen molar-refractivity contribution in [2.75, 3.05) is 6.54 Å². The molecule has 2 aliphatic rings. The minimum Gasteiger partial charge on any atom is -0.314 e. The molecule has 2 aliphatic carbocycles. The second-order valence-corrected chi connectivity index (χ2v) is 6.89. The van der Waals surface area contributed by atoms with Crippen molar-refractivity contribution in [2.24, 2.45) is 17.8 Å². The molecule has 1 N–H and O–H groups in total. The lowest BCUT2D eigenvalue weighted by atomic mass is 9.71. The van der Waals surface area contributed by atoms with Crippen LogP contribution in [0.2, 0.25) is 0 Å². The van der Waals surface area contributed by atoms with Gasteiger partial charge in [0.05, 0.1) is 0 Å². The summed E-state index contributed by atoms with van der Waals surface area (Å²) in [6.07, 6.45) is 14.6. The largest absolute Gasteiger partial charge is 0.314 e. The van der Waals surface area contributed by atoms with Crippen molar-refractivity contribution in [2.45, 2.75) is 84.1 Å². The molecule has 18 heavy (non-hydrogen) atoms. The molecule has 2 rings (SSSR count). The molecule has 0 amide bonds. The van der Waals surface area contributed by atoms with Crippen molar-refractivity contribution in [1.82, 2.24) is 5.32 Å². The molecule has 0 aromatic heterocycles. The summed E-state index contributed by atoms with van der Waals surface area (Å²) in [6, 6.07) is 0.836. The van der Waals surface area contributed by atoms with Gasteiger partial charge in [-0.1, -0.05) is 52.4 Å². The Labute approximate surface area is 114 Å². The highest BCUT2D eigenvalue weighted by Crippen LogP contribution is 2.39. The fraction of sp³-hybridized carbons (Fsp3) is 1.00. The lowest BCUT2D eigenvalue weighted by Gasteiger charge is -2.37. The first-order valence-electron chi connectivity index (χ1n) is 8.54.